The van der Waals surface area contributed by atoms with Crippen molar-refractivity contribution >= 4 is 0 Å². The van der Waals surface area contributed by atoms with Crippen LogP contribution >= 0.6 is 0 Å². The molecule has 3 unspecified atom stereocenters. The summed E-state index contributed by atoms with van der Waals surface area (Å²) in [6.45, 7) is 4.41. The Morgan fingerprint density at radius 3 is 2.44 bits per heavy atom. The smallest absolute Gasteiger partial charge is 0.0500 e. The molecule has 2 saturated heterocycles. The van der Waals surface area contributed by atoms with Crippen molar-refractivity contribution in [3.05, 3.63) is 0 Å². The first kappa shape index (κ1) is 12.3. The molecule has 0 aliphatic carbocycles. The number of ether oxygens (including phenoxy) is 1. The lowest BCUT2D eigenvalue weighted by Crippen LogP contribution is -2.49. The minimum Gasteiger partial charge on any atom is -0.384 e. The molecule has 2 heterocycles. The zero-order valence-corrected chi connectivity index (χ0v) is 10.9. The molecule has 16 heavy (non-hydrogen) atoms. The molecule has 2 fully saturated rings. The Bertz CT molecular complexity index is 208. The highest BCUT2D eigenvalue weighted by molar-refractivity contribution is 4.97. The first-order chi connectivity index (χ1) is 7.74. The van der Waals surface area contributed by atoms with E-state index in [-0.39, 0.29) is 0 Å². The number of hydrogen-bond donors (Lipinski definition) is 1. The number of piperidine rings is 1. The van der Waals surface area contributed by atoms with Gasteiger partial charge in [0.2, 0.25) is 0 Å². The Morgan fingerprint density at radius 1 is 1.31 bits per heavy atom. The second-order valence-corrected chi connectivity index (χ2v) is 5.60. The molecule has 2 aliphatic rings. The third-order valence-electron chi connectivity index (χ3n) is 4.27. The van der Waals surface area contributed by atoms with Crippen LogP contribution in [0.1, 0.15) is 32.6 Å². The lowest BCUT2D eigenvalue weighted by atomic mass is 9.96. The van der Waals surface area contributed by atoms with Crippen LogP contribution in [0, 0.1) is 5.92 Å². The van der Waals surface area contributed by atoms with Gasteiger partial charge in [0.1, 0.15) is 0 Å². The van der Waals surface area contributed by atoms with Crippen LogP contribution in [0.4, 0.5) is 0 Å². The normalized spacial score (nSPS) is 36.6. The molecule has 0 spiro atoms. The molecule has 0 saturated carbocycles. The van der Waals surface area contributed by atoms with Gasteiger partial charge in [0.05, 0.1) is 0 Å². The summed E-state index contributed by atoms with van der Waals surface area (Å²) in [6, 6.07) is 2.41. The minimum atomic E-state index is 0.666. The van der Waals surface area contributed by atoms with Crippen LogP contribution in [0.5, 0.6) is 0 Å². The molecule has 1 N–H and O–H groups in total. The average molecular weight is 226 g/mol. The van der Waals surface area contributed by atoms with Crippen molar-refractivity contribution in [2.45, 2.75) is 50.7 Å². The number of fused-ring (bicyclic) bond motifs is 2. The Labute approximate surface area is 99.5 Å². The van der Waals surface area contributed by atoms with Gasteiger partial charge in [0, 0.05) is 38.4 Å². The van der Waals surface area contributed by atoms with Crippen molar-refractivity contribution in [2.75, 3.05) is 27.3 Å². The minimum absolute atomic E-state index is 0.666. The van der Waals surface area contributed by atoms with E-state index in [0.29, 0.717) is 5.92 Å². The fourth-order valence-electron chi connectivity index (χ4n) is 3.51. The summed E-state index contributed by atoms with van der Waals surface area (Å²) in [6.07, 6.45) is 5.49. The third kappa shape index (κ3) is 2.58. The van der Waals surface area contributed by atoms with Gasteiger partial charge in [0.15, 0.2) is 0 Å². The predicted octanol–water partition coefficient (Wildman–Crippen LogP) is 1.48. The first-order valence-electron chi connectivity index (χ1n) is 6.66. The van der Waals surface area contributed by atoms with Crippen molar-refractivity contribution in [2.24, 2.45) is 5.92 Å². The summed E-state index contributed by atoms with van der Waals surface area (Å²) in [5.74, 6) is 0.666. The van der Waals surface area contributed by atoms with E-state index in [1.165, 1.54) is 32.2 Å². The Morgan fingerprint density at radius 2 is 1.94 bits per heavy atom. The molecule has 0 aromatic carbocycles. The van der Waals surface area contributed by atoms with E-state index < -0.39 is 0 Å². The quantitative estimate of drug-likeness (QED) is 0.768. The molecule has 2 bridgehead atoms. The van der Waals surface area contributed by atoms with E-state index in [0.717, 1.165) is 24.7 Å². The standard InChI is InChI=1S/C13H26N2O/c1-10(9-16-3)8-15-12-4-5-13(15)7-11(6-12)14-2/h10-14H,4-9H2,1-3H3. The Kier molecular flexibility index (Phi) is 4.22. The highest BCUT2D eigenvalue weighted by Crippen LogP contribution is 2.36. The maximum absolute atomic E-state index is 5.24. The number of nitrogens with zero attached hydrogens (tertiary/aromatic N) is 1. The van der Waals surface area contributed by atoms with Crippen LogP contribution in [-0.2, 0) is 4.74 Å². The predicted molar refractivity (Wildman–Crippen MR) is 66.6 cm³/mol. The van der Waals surface area contributed by atoms with Crippen molar-refractivity contribution in [3.63, 3.8) is 0 Å². The molecule has 2 aliphatic heterocycles. The van der Waals surface area contributed by atoms with Gasteiger partial charge < -0.3 is 10.1 Å². The average Bonchev–Trinajstić information content (AvgIpc) is 2.52. The number of hydrogen-bond acceptors (Lipinski definition) is 3. The summed E-state index contributed by atoms with van der Waals surface area (Å²) >= 11 is 0. The molecule has 94 valence electrons. The van der Waals surface area contributed by atoms with Gasteiger partial charge in [-0.3, -0.25) is 4.90 Å². The Balaban J connectivity index is 1.88. The molecule has 0 aromatic rings. The molecule has 3 nitrogen and oxygen atoms in total. The summed E-state index contributed by atoms with van der Waals surface area (Å²) in [4.78, 5) is 2.75. The van der Waals surface area contributed by atoms with Gasteiger partial charge in [-0.2, -0.15) is 0 Å². The highest BCUT2D eigenvalue weighted by atomic mass is 16.5. The SMILES string of the molecule is CNC1CC2CCC(C1)N2CC(C)COC. The van der Waals surface area contributed by atoms with Crippen LogP contribution in [0.3, 0.4) is 0 Å². The zero-order valence-electron chi connectivity index (χ0n) is 10.9. The molecule has 0 aromatic heterocycles. The Hall–Kier alpha value is -0.120. The van der Waals surface area contributed by atoms with Crippen molar-refractivity contribution in [1.82, 2.24) is 10.2 Å². The van der Waals surface area contributed by atoms with E-state index in [4.69, 9.17) is 4.74 Å². The van der Waals surface area contributed by atoms with Crippen LogP contribution in [0.25, 0.3) is 0 Å². The summed E-state index contributed by atoms with van der Waals surface area (Å²) in [5, 5.41) is 3.45. The van der Waals surface area contributed by atoms with Gasteiger partial charge in [-0.05, 0) is 38.6 Å². The summed E-state index contributed by atoms with van der Waals surface area (Å²) < 4.78 is 5.24. The molecular formula is C13H26N2O. The lowest BCUT2D eigenvalue weighted by molar-refractivity contribution is 0.0744. The fraction of sp³-hybridized carbons (Fsp3) is 1.00. The first-order valence-corrected chi connectivity index (χ1v) is 6.66. The van der Waals surface area contributed by atoms with Gasteiger partial charge in [-0.15, -0.1) is 0 Å². The van der Waals surface area contributed by atoms with Gasteiger partial charge in [-0.25, -0.2) is 0 Å². The maximum atomic E-state index is 5.24. The van der Waals surface area contributed by atoms with Gasteiger partial charge in [-0.1, -0.05) is 6.92 Å². The van der Waals surface area contributed by atoms with Crippen molar-refractivity contribution < 1.29 is 4.74 Å². The second-order valence-electron chi connectivity index (χ2n) is 5.60. The van der Waals surface area contributed by atoms with Crippen LogP contribution in [0.2, 0.25) is 0 Å². The third-order valence-corrected chi connectivity index (χ3v) is 4.27. The van der Waals surface area contributed by atoms with Gasteiger partial charge in [0.25, 0.3) is 0 Å². The summed E-state index contributed by atoms with van der Waals surface area (Å²) in [7, 11) is 3.91. The summed E-state index contributed by atoms with van der Waals surface area (Å²) in [5.41, 5.74) is 0. The molecule has 0 radical (unpaired) electrons. The van der Waals surface area contributed by atoms with E-state index in [2.05, 4.69) is 24.2 Å². The largest absolute Gasteiger partial charge is 0.384 e. The molecule has 3 atom stereocenters. The maximum Gasteiger partial charge on any atom is 0.0500 e. The zero-order chi connectivity index (χ0) is 11.5. The fourth-order valence-corrected chi connectivity index (χ4v) is 3.51. The lowest BCUT2D eigenvalue weighted by Gasteiger charge is -2.40. The van der Waals surface area contributed by atoms with Crippen LogP contribution in [0.15, 0.2) is 0 Å². The van der Waals surface area contributed by atoms with Gasteiger partial charge >= 0.3 is 0 Å². The van der Waals surface area contributed by atoms with Crippen molar-refractivity contribution in [3.8, 4) is 0 Å². The topological polar surface area (TPSA) is 24.5 Å². The van der Waals surface area contributed by atoms with E-state index in [1.54, 1.807) is 7.11 Å². The monoisotopic (exact) mass is 226 g/mol. The van der Waals surface area contributed by atoms with E-state index in [9.17, 15) is 0 Å². The van der Waals surface area contributed by atoms with E-state index >= 15 is 0 Å². The van der Waals surface area contributed by atoms with Crippen LogP contribution in [-0.4, -0.2) is 50.3 Å². The highest BCUT2D eigenvalue weighted by Gasteiger charge is 2.40. The number of methoxy groups -OCH3 is 1. The van der Waals surface area contributed by atoms with Crippen LogP contribution < -0.4 is 5.32 Å². The number of rotatable bonds is 5. The molecule has 3 heteroatoms. The molecule has 2 rings (SSSR count). The second kappa shape index (κ2) is 5.48. The number of nitrogens with one attached hydrogen (secondary N) is 1. The molecule has 0 amide bonds. The van der Waals surface area contributed by atoms with Crippen molar-refractivity contribution in [1.29, 1.82) is 0 Å². The van der Waals surface area contributed by atoms with E-state index in [1.807, 2.05) is 0 Å². The molecular weight excluding hydrogens is 200 g/mol.